The average Bonchev–Trinajstić information content (AvgIpc) is 3.13. The zero-order chi connectivity index (χ0) is 20.1. The Bertz CT molecular complexity index is 1550. The lowest BCUT2D eigenvalue weighted by molar-refractivity contribution is 1.18. The Morgan fingerprint density at radius 2 is 1.30 bits per heavy atom. The van der Waals surface area contributed by atoms with E-state index in [-0.39, 0.29) is 0 Å². The lowest BCUT2D eigenvalue weighted by Gasteiger charge is -2.09. The Balaban J connectivity index is 1.66. The molecule has 0 bridgehead atoms. The van der Waals surface area contributed by atoms with Crippen LogP contribution >= 0.6 is 11.6 Å². The molecule has 0 saturated carbocycles. The molecule has 0 spiro atoms. The van der Waals surface area contributed by atoms with Crippen molar-refractivity contribution in [1.82, 2.24) is 14.5 Å². The largest absolute Gasteiger partial charge is 0.309 e. The van der Waals surface area contributed by atoms with Crippen molar-refractivity contribution in [3.8, 4) is 17.1 Å². The molecule has 0 N–H and O–H groups in total. The maximum atomic E-state index is 6.47. The average molecular weight is 406 g/mol. The highest BCUT2D eigenvalue weighted by Crippen LogP contribution is 2.34. The van der Waals surface area contributed by atoms with Gasteiger partial charge in [-0.05, 0) is 36.4 Å². The van der Waals surface area contributed by atoms with Gasteiger partial charge in [-0.3, -0.25) is 0 Å². The second-order valence-electron chi connectivity index (χ2n) is 7.28. The number of rotatable bonds is 2. The number of hydrogen-bond acceptors (Lipinski definition) is 2. The number of hydrogen-bond donors (Lipinski definition) is 0. The first-order valence-electron chi connectivity index (χ1n) is 9.81. The third-order valence-corrected chi connectivity index (χ3v) is 5.79. The summed E-state index contributed by atoms with van der Waals surface area (Å²) in [5, 5.41) is 3.76. The van der Waals surface area contributed by atoms with Crippen LogP contribution in [0.5, 0.6) is 0 Å². The minimum Gasteiger partial charge on any atom is -0.309 e. The zero-order valence-electron chi connectivity index (χ0n) is 16.0. The molecule has 0 fully saturated rings. The van der Waals surface area contributed by atoms with Crippen LogP contribution in [0.4, 0.5) is 0 Å². The van der Waals surface area contributed by atoms with Crippen molar-refractivity contribution >= 4 is 44.3 Å². The first-order valence-corrected chi connectivity index (χ1v) is 10.2. The normalized spacial score (nSPS) is 11.5. The van der Waals surface area contributed by atoms with E-state index in [9.17, 15) is 0 Å². The van der Waals surface area contributed by atoms with Crippen LogP contribution in [-0.4, -0.2) is 14.5 Å². The molecule has 0 radical (unpaired) electrons. The van der Waals surface area contributed by atoms with Gasteiger partial charge in [0, 0.05) is 27.4 Å². The number of nitrogens with zero attached hydrogens (tertiary/aromatic N) is 3. The van der Waals surface area contributed by atoms with Crippen LogP contribution in [0.25, 0.3) is 49.8 Å². The molecule has 3 nitrogen and oxygen atoms in total. The molecule has 0 unspecified atom stereocenters. The van der Waals surface area contributed by atoms with E-state index in [0.717, 1.165) is 27.7 Å². The molecule has 4 heteroatoms. The van der Waals surface area contributed by atoms with Crippen LogP contribution in [-0.2, 0) is 0 Å². The fourth-order valence-electron chi connectivity index (χ4n) is 4.13. The Kier molecular flexibility index (Phi) is 3.83. The van der Waals surface area contributed by atoms with E-state index < -0.39 is 0 Å². The number of benzene rings is 4. The third kappa shape index (κ3) is 2.60. The van der Waals surface area contributed by atoms with Gasteiger partial charge in [0.05, 0.1) is 16.6 Å². The maximum absolute atomic E-state index is 6.47. The van der Waals surface area contributed by atoms with Gasteiger partial charge in [-0.25, -0.2) is 9.97 Å². The lowest BCUT2D eigenvalue weighted by Crippen LogP contribution is -1.95. The van der Waals surface area contributed by atoms with Crippen molar-refractivity contribution in [2.75, 3.05) is 0 Å². The summed E-state index contributed by atoms with van der Waals surface area (Å²) in [6.07, 6.45) is 0. The van der Waals surface area contributed by atoms with Crippen molar-refractivity contribution in [3.05, 3.63) is 102 Å². The Labute approximate surface area is 178 Å². The number of fused-ring (bicyclic) bond motifs is 4. The summed E-state index contributed by atoms with van der Waals surface area (Å²) in [4.78, 5) is 9.34. The molecule has 0 aliphatic rings. The van der Waals surface area contributed by atoms with Gasteiger partial charge in [0.15, 0.2) is 5.82 Å². The van der Waals surface area contributed by atoms with Crippen molar-refractivity contribution in [2.45, 2.75) is 0 Å². The van der Waals surface area contributed by atoms with Crippen LogP contribution in [0.3, 0.4) is 0 Å². The quantitative estimate of drug-likeness (QED) is 0.289. The van der Waals surface area contributed by atoms with Gasteiger partial charge >= 0.3 is 0 Å². The van der Waals surface area contributed by atoms with Gasteiger partial charge in [-0.1, -0.05) is 72.3 Å². The van der Waals surface area contributed by atoms with Gasteiger partial charge < -0.3 is 4.57 Å². The lowest BCUT2D eigenvalue weighted by atomic mass is 10.1. The number of para-hydroxylation sites is 3. The van der Waals surface area contributed by atoms with Gasteiger partial charge in [0.2, 0.25) is 0 Å². The molecular weight excluding hydrogens is 390 g/mol. The van der Waals surface area contributed by atoms with Gasteiger partial charge in [0.25, 0.3) is 0 Å². The summed E-state index contributed by atoms with van der Waals surface area (Å²) in [6.45, 7) is 0. The molecule has 0 aliphatic heterocycles. The van der Waals surface area contributed by atoms with Crippen LogP contribution in [0, 0.1) is 0 Å². The monoisotopic (exact) mass is 405 g/mol. The molecule has 4 aromatic carbocycles. The Morgan fingerprint density at radius 3 is 2.17 bits per heavy atom. The minimum atomic E-state index is 0.472. The van der Waals surface area contributed by atoms with Crippen molar-refractivity contribution in [2.24, 2.45) is 0 Å². The van der Waals surface area contributed by atoms with Crippen LogP contribution in [0.1, 0.15) is 0 Å². The van der Waals surface area contributed by atoms with Crippen LogP contribution in [0.2, 0.25) is 5.15 Å². The molecule has 0 aliphatic carbocycles. The molecular formula is C26H16ClN3. The van der Waals surface area contributed by atoms with E-state index >= 15 is 0 Å². The van der Waals surface area contributed by atoms with Crippen LogP contribution in [0.15, 0.2) is 97.1 Å². The fraction of sp³-hybridized carbons (Fsp3) is 0. The maximum Gasteiger partial charge on any atom is 0.161 e. The Hall–Kier alpha value is -3.69. The number of aromatic nitrogens is 3. The van der Waals surface area contributed by atoms with Crippen molar-refractivity contribution < 1.29 is 0 Å². The van der Waals surface area contributed by atoms with E-state index in [2.05, 4.69) is 76.3 Å². The summed E-state index contributed by atoms with van der Waals surface area (Å²) < 4.78 is 2.29. The van der Waals surface area contributed by atoms with Gasteiger partial charge in [0.1, 0.15) is 5.15 Å². The molecule has 0 saturated heterocycles. The predicted molar refractivity (Wildman–Crippen MR) is 124 cm³/mol. The summed E-state index contributed by atoms with van der Waals surface area (Å²) >= 11 is 6.47. The molecule has 142 valence electrons. The SMILES string of the molecule is Clc1nc(-c2ccc3c4ccccc4n(-c4ccccc4)c3c2)nc2ccccc12. The van der Waals surface area contributed by atoms with E-state index in [0.29, 0.717) is 11.0 Å². The van der Waals surface area contributed by atoms with Crippen LogP contribution < -0.4 is 0 Å². The molecule has 6 aromatic rings. The van der Waals surface area contributed by atoms with E-state index in [1.165, 1.54) is 16.3 Å². The smallest absolute Gasteiger partial charge is 0.161 e. The van der Waals surface area contributed by atoms with Gasteiger partial charge in [-0.15, -0.1) is 0 Å². The standard InChI is InChI=1S/C26H16ClN3/c27-25-21-11-4-6-12-22(21)28-26(29-25)17-14-15-20-19-10-5-7-13-23(19)30(24(20)16-17)18-8-2-1-3-9-18/h1-16H. The first-order chi connectivity index (χ1) is 14.8. The molecule has 6 rings (SSSR count). The third-order valence-electron chi connectivity index (χ3n) is 5.50. The highest BCUT2D eigenvalue weighted by molar-refractivity contribution is 6.34. The van der Waals surface area contributed by atoms with E-state index in [1.807, 2.05) is 30.3 Å². The zero-order valence-corrected chi connectivity index (χ0v) is 16.7. The second-order valence-corrected chi connectivity index (χ2v) is 7.63. The highest BCUT2D eigenvalue weighted by Gasteiger charge is 2.14. The fourth-order valence-corrected chi connectivity index (χ4v) is 4.37. The molecule has 0 amide bonds. The molecule has 2 aromatic heterocycles. The number of halogens is 1. The first kappa shape index (κ1) is 17.2. The molecule has 0 atom stereocenters. The highest BCUT2D eigenvalue weighted by atomic mass is 35.5. The summed E-state index contributed by atoms with van der Waals surface area (Å²) in [6, 6.07) is 33.1. The minimum absolute atomic E-state index is 0.472. The van der Waals surface area contributed by atoms with E-state index in [4.69, 9.17) is 16.6 Å². The van der Waals surface area contributed by atoms with Crippen molar-refractivity contribution in [1.29, 1.82) is 0 Å². The second kappa shape index (κ2) is 6.68. The molecule has 2 heterocycles. The topological polar surface area (TPSA) is 30.7 Å². The van der Waals surface area contributed by atoms with E-state index in [1.54, 1.807) is 0 Å². The molecule has 30 heavy (non-hydrogen) atoms. The Morgan fingerprint density at radius 1 is 0.600 bits per heavy atom. The summed E-state index contributed by atoms with van der Waals surface area (Å²) in [5.74, 6) is 0.630. The van der Waals surface area contributed by atoms with Crippen molar-refractivity contribution in [3.63, 3.8) is 0 Å². The predicted octanol–water partition coefficient (Wildman–Crippen LogP) is 7.05. The summed E-state index contributed by atoms with van der Waals surface area (Å²) in [7, 11) is 0. The summed E-state index contributed by atoms with van der Waals surface area (Å²) in [5.41, 5.74) is 5.20. The van der Waals surface area contributed by atoms with Gasteiger partial charge in [-0.2, -0.15) is 0 Å².